The molecular weight excluding hydrogens is 430 g/mol. The first-order chi connectivity index (χ1) is 15.9. The van der Waals surface area contributed by atoms with E-state index < -0.39 is 23.8 Å². The van der Waals surface area contributed by atoms with Gasteiger partial charge in [0.2, 0.25) is 11.8 Å². The molecule has 3 amide bonds. The van der Waals surface area contributed by atoms with E-state index in [0.29, 0.717) is 6.54 Å². The lowest BCUT2D eigenvalue weighted by Gasteiger charge is -2.34. The molecule has 3 unspecified atom stereocenters. The largest absolute Gasteiger partial charge is 0.444 e. The van der Waals surface area contributed by atoms with Crippen molar-refractivity contribution < 1.29 is 19.1 Å². The Kier molecular flexibility index (Phi) is 12.1. The molecule has 3 atom stereocenters. The van der Waals surface area contributed by atoms with Crippen molar-refractivity contribution in [3.8, 4) is 0 Å². The molecule has 1 rings (SSSR count). The molecule has 0 radical (unpaired) electrons. The maximum atomic E-state index is 13.6. The minimum atomic E-state index is -0.843. The summed E-state index contributed by atoms with van der Waals surface area (Å²) in [7, 11) is 0. The van der Waals surface area contributed by atoms with E-state index in [9.17, 15) is 14.4 Å². The number of rotatable bonds is 12. The molecular formula is C27H45N3O4. The van der Waals surface area contributed by atoms with Crippen molar-refractivity contribution in [3.05, 3.63) is 35.4 Å². The molecule has 0 saturated carbocycles. The van der Waals surface area contributed by atoms with Gasteiger partial charge in [0.25, 0.3) is 0 Å². The number of hydrogen-bond acceptors (Lipinski definition) is 4. The third-order valence-corrected chi connectivity index (χ3v) is 5.42. The highest BCUT2D eigenvalue weighted by Gasteiger charge is 2.34. The number of ether oxygens (including phenoxy) is 1. The van der Waals surface area contributed by atoms with Crippen LogP contribution in [0.1, 0.15) is 97.7 Å². The van der Waals surface area contributed by atoms with Crippen molar-refractivity contribution in [3.63, 3.8) is 0 Å². The Labute approximate surface area is 206 Å². The van der Waals surface area contributed by atoms with E-state index >= 15 is 0 Å². The zero-order valence-corrected chi connectivity index (χ0v) is 22.4. The Balaban J connectivity index is 3.30. The van der Waals surface area contributed by atoms with Gasteiger partial charge in [-0.1, -0.05) is 62.9 Å². The predicted octanol–water partition coefficient (Wildman–Crippen LogP) is 5.27. The quantitative estimate of drug-likeness (QED) is 0.403. The van der Waals surface area contributed by atoms with Crippen LogP contribution in [0.2, 0.25) is 0 Å². The van der Waals surface area contributed by atoms with E-state index in [-0.39, 0.29) is 17.9 Å². The van der Waals surface area contributed by atoms with Crippen molar-refractivity contribution in [1.82, 2.24) is 15.5 Å². The summed E-state index contributed by atoms with van der Waals surface area (Å²) < 4.78 is 5.32. The van der Waals surface area contributed by atoms with Gasteiger partial charge >= 0.3 is 6.09 Å². The fourth-order valence-electron chi connectivity index (χ4n) is 3.83. The van der Waals surface area contributed by atoms with E-state index in [2.05, 4.69) is 24.5 Å². The zero-order chi connectivity index (χ0) is 25.9. The standard InChI is InChI=1S/C27H45N3O4/c1-9-11-12-17-30(25(32)21(5)29-26(33)34-27(6,7)8)23(22-16-13-15-19(3)18-22)24(31)28-20(4)14-10-2/h13,15-16,18,20-21,23H,9-12,14,17H2,1-8H3,(H,28,31)(H,29,33). The van der Waals surface area contributed by atoms with E-state index in [1.165, 1.54) is 0 Å². The van der Waals surface area contributed by atoms with Crippen LogP contribution >= 0.6 is 0 Å². The molecule has 0 saturated heterocycles. The summed E-state index contributed by atoms with van der Waals surface area (Å²) in [5.74, 6) is -0.521. The molecule has 0 heterocycles. The van der Waals surface area contributed by atoms with E-state index in [1.54, 1.807) is 32.6 Å². The van der Waals surface area contributed by atoms with Gasteiger partial charge < -0.3 is 20.3 Å². The fourth-order valence-corrected chi connectivity index (χ4v) is 3.83. The summed E-state index contributed by atoms with van der Waals surface area (Å²) in [6.07, 6.45) is 3.84. The smallest absolute Gasteiger partial charge is 0.408 e. The first kappa shape index (κ1) is 29.5. The molecule has 0 fully saturated rings. The van der Waals surface area contributed by atoms with Crippen LogP contribution in [-0.2, 0) is 14.3 Å². The van der Waals surface area contributed by atoms with Crippen LogP contribution in [0, 0.1) is 6.92 Å². The summed E-state index contributed by atoms with van der Waals surface area (Å²) >= 11 is 0. The number of unbranched alkanes of at least 4 members (excludes halogenated alkanes) is 2. The van der Waals surface area contributed by atoms with Gasteiger partial charge in [0.15, 0.2) is 0 Å². The molecule has 0 aromatic heterocycles. The number of nitrogens with one attached hydrogen (secondary N) is 2. The average Bonchev–Trinajstić information content (AvgIpc) is 2.71. The zero-order valence-electron chi connectivity index (χ0n) is 22.4. The van der Waals surface area contributed by atoms with Crippen LogP contribution in [0.5, 0.6) is 0 Å². The van der Waals surface area contributed by atoms with Crippen molar-refractivity contribution in [2.24, 2.45) is 0 Å². The van der Waals surface area contributed by atoms with Gasteiger partial charge in [-0.05, 0) is 59.9 Å². The van der Waals surface area contributed by atoms with E-state index in [4.69, 9.17) is 4.74 Å². The number of aryl methyl sites for hydroxylation is 1. The molecule has 0 aliphatic carbocycles. The molecule has 0 bridgehead atoms. The maximum absolute atomic E-state index is 13.6. The minimum Gasteiger partial charge on any atom is -0.444 e. The molecule has 0 aliphatic heterocycles. The van der Waals surface area contributed by atoms with Crippen LogP contribution in [-0.4, -0.2) is 47.0 Å². The van der Waals surface area contributed by atoms with Crippen molar-refractivity contribution in [1.29, 1.82) is 0 Å². The normalized spacial score (nSPS) is 14.0. The SMILES string of the molecule is CCCCCN(C(=O)C(C)NC(=O)OC(C)(C)C)C(C(=O)NC(C)CCC)c1cccc(C)c1. The highest BCUT2D eigenvalue weighted by molar-refractivity contribution is 5.92. The third-order valence-electron chi connectivity index (χ3n) is 5.42. The topological polar surface area (TPSA) is 87.7 Å². The van der Waals surface area contributed by atoms with Gasteiger partial charge in [-0.2, -0.15) is 0 Å². The molecule has 0 spiro atoms. The first-order valence-electron chi connectivity index (χ1n) is 12.6. The van der Waals surface area contributed by atoms with Crippen LogP contribution in [0.4, 0.5) is 4.79 Å². The van der Waals surface area contributed by atoms with E-state index in [1.807, 2.05) is 38.1 Å². The lowest BCUT2D eigenvalue weighted by atomic mass is 10.00. The first-order valence-corrected chi connectivity index (χ1v) is 12.6. The van der Waals surface area contributed by atoms with Crippen LogP contribution in [0.15, 0.2) is 24.3 Å². The van der Waals surface area contributed by atoms with Gasteiger partial charge in [-0.25, -0.2) is 4.79 Å². The summed E-state index contributed by atoms with van der Waals surface area (Å²) in [4.78, 5) is 41.1. The minimum absolute atomic E-state index is 0.00489. The lowest BCUT2D eigenvalue weighted by molar-refractivity contribution is -0.142. The van der Waals surface area contributed by atoms with Gasteiger partial charge in [0.1, 0.15) is 17.7 Å². The average molecular weight is 476 g/mol. The Morgan fingerprint density at radius 1 is 1.03 bits per heavy atom. The Bertz CT molecular complexity index is 803. The van der Waals surface area contributed by atoms with Crippen LogP contribution < -0.4 is 10.6 Å². The monoisotopic (exact) mass is 475 g/mol. The summed E-state index contributed by atoms with van der Waals surface area (Å²) in [6.45, 7) is 15.5. The summed E-state index contributed by atoms with van der Waals surface area (Å²) in [6, 6.07) is 6.06. The number of alkyl carbamates (subject to hydrolysis) is 1. The number of hydrogen-bond donors (Lipinski definition) is 2. The molecule has 0 aliphatic rings. The molecule has 192 valence electrons. The van der Waals surface area contributed by atoms with Gasteiger partial charge in [0.05, 0.1) is 0 Å². The second-order valence-electron chi connectivity index (χ2n) is 10.1. The second kappa shape index (κ2) is 14.0. The number of benzene rings is 1. The van der Waals surface area contributed by atoms with Gasteiger partial charge in [0, 0.05) is 12.6 Å². The number of carbonyl (C=O) groups excluding carboxylic acids is 3. The van der Waals surface area contributed by atoms with E-state index in [0.717, 1.165) is 43.2 Å². The van der Waals surface area contributed by atoms with Crippen LogP contribution in [0.25, 0.3) is 0 Å². The Morgan fingerprint density at radius 3 is 2.26 bits per heavy atom. The van der Waals surface area contributed by atoms with Gasteiger partial charge in [-0.15, -0.1) is 0 Å². The molecule has 34 heavy (non-hydrogen) atoms. The Morgan fingerprint density at radius 2 is 1.71 bits per heavy atom. The fraction of sp³-hybridized carbons (Fsp3) is 0.667. The molecule has 1 aromatic carbocycles. The molecule has 2 N–H and O–H groups in total. The maximum Gasteiger partial charge on any atom is 0.408 e. The second-order valence-corrected chi connectivity index (χ2v) is 10.1. The summed E-state index contributed by atoms with van der Waals surface area (Å²) in [5.41, 5.74) is 1.10. The third kappa shape index (κ3) is 10.1. The molecule has 1 aromatic rings. The number of amides is 3. The molecule has 7 nitrogen and oxygen atoms in total. The van der Waals surface area contributed by atoms with Crippen molar-refractivity contribution >= 4 is 17.9 Å². The van der Waals surface area contributed by atoms with Crippen LogP contribution in [0.3, 0.4) is 0 Å². The Hall–Kier alpha value is -2.57. The van der Waals surface area contributed by atoms with Gasteiger partial charge in [-0.3, -0.25) is 9.59 Å². The predicted molar refractivity (Wildman–Crippen MR) is 137 cm³/mol. The molecule has 7 heteroatoms. The highest BCUT2D eigenvalue weighted by Crippen LogP contribution is 2.25. The summed E-state index contributed by atoms with van der Waals surface area (Å²) in [5, 5.41) is 5.73. The van der Waals surface area contributed by atoms with Crippen molar-refractivity contribution in [2.45, 2.75) is 111 Å². The number of carbonyl (C=O) groups is 3. The lowest BCUT2D eigenvalue weighted by Crippen LogP contribution is -2.52. The highest BCUT2D eigenvalue weighted by atomic mass is 16.6. The number of nitrogens with zero attached hydrogens (tertiary/aromatic N) is 1. The van der Waals surface area contributed by atoms with Crippen molar-refractivity contribution in [2.75, 3.05) is 6.54 Å².